The number of nitrogens with one attached hydrogen (secondary N) is 1. The van der Waals surface area contributed by atoms with Crippen molar-refractivity contribution in [2.75, 3.05) is 19.6 Å². The van der Waals surface area contributed by atoms with Crippen molar-refractivity contribution in [2.24, 2.45) is 0 Å². The summed E-state index contributed by atoms with van der Waals surface area (Å²) in [4.78, 5) is 25.3. The summed E-state index contributed by atoms with van der Waals surface area (Å²) < 4.78 is 0. The van der Waals surface area contributed by atoms with Crippen LogP contribution in [0.15, 0.2) is 16.8 Å². The Morgan fingerprint density at radius 3 is 2.65 bits per heavy atom. The molecule has 0 unspecified atom stereocenters. The second-order valence-electron chi connectivity index (χ2n) is 5.24. The van der Waals surface area contributed by atoms with Crippen LogP contribution in [0.5, 0.6) is 0 Å². The highest BCUT2D eigenvalue weighted by molar-refractivity contribution is 7.08. The molecule has 0 saturated heterocycles. The largest absolute Gasteiger partial charge is 0.389 e. The number of carbonyl (C=O) groups is 2. The van der Waals surface area contributed by atoms with E-state index in [9.17, 15) is 14.7 Å². The molecule has 5 nitrogen and oxygen atoms in total. The molecule has 1 aromatic rings. The Hall–Kier alpha value is -1.40. The van der Waals surface area contributed by atoms with Crippen LogP contribution in [0.25, 0.3) is 0 Å². The molecule has 20 heavy (non-hydrogen) atoms. The maximum Gasteiger partial charge on any atom is 0.252 e. The highest BCUT2D eigenvalue weighted by Crippen LogP contribution is 2.07. The number of thiophene rings is 1. The molecular weight excluding hydrogens is 276 g/mol. The number of amides is 2. The van der Waals surface area contributed by atoms with E-state index in [0.717, 1.165) is 0 Å². The Balaban J connectivity index is 2.36. The van der Waals surface area contributed by atoms with Crippen LogP contribution in [-0.4, -0.2) is 47.1 Å². The first-order chi connectivity index (χ1) is 9.33. The molecule has 0 aliphatic heterocycles. The molecule has 0 radical (unpaired) electrons. The van der Waals surface area contributed by atoms with Crippen LogP contribution in [0.4, 0.5) is 0 Å². The van der Waals surface area contributed by atoms with E-state index in [0.29, 0.717) is 25.2 Å². The zero-order valence-electron chi connectivity index (χ0n) is 12.2. The number of likely N-dealkylation sites (N-methyl/N-ethyl adjacent to an activating group) is 1. The van der Waals surface area contributed by atoms with Crippen LogP contribution >= 0.6 is 11.3 Å². The van der Waals surface area contributed by atoms with E-state index in [1.54, 1.807) is 30.2 Å². The predicted octanol–water partition coefficient (Wildman–Crippen LogP) is 1.49. The Bertz CT molecular complexity index is 438. The van der Waals surface area contributed by atoms with Gasteiger partial charge in [-0.1, -0.05) is 0 Å². The molecule has 0 spiro atoms. The maximum absolute atomic E-state index is 12.0. The van der Waals surface area contributed by atoms with Crippen LogP contribution in [0.3, 0.4) is 0 Å². The van der Waals surface area contributed by atoms with Crippen molar-refractivity contribution in [3.8, 4) is 0 Å². The molecule has 2 N–H and O–H groups in total. The Morgan fingerprint density at radius 1 is 1.45 bits per heavy atom. The summed E-state index contributed by atoms with van der Waals surface area (Å²) in [5, 5.41) is 16.1. The van der Waals surface area contributed by atoms with E-state index in [4.69, 9.17) is 0 Å². The number of aliphatic hydroxyl groups is 1. The standard InChI is InChI=1S/C14H22N2O3S/c1-4-16(10-14(2,3)19)12(17)5-7-15-13(18)11-6-8-20-9-11/h6,8-9,19H,4-5,7,10H2,1-3H3,(H,15,18). The van der Waals surface area contributed by atoms with Gasteiger partial charge in [-0.3, -0.25) is 9.59 Å². The highest BCUT2D eigenvalue weighted by Gasteiger charge is 2.21. The summed E-state index contributed by atoms with van der Waals surface area (Å²) in [6.45, 7) is 6.34. The number of hydrogen-bond donors (Lipinski definition) is 2. The molecule has 0 atom stereocenters. The van der Waals surface area contributed by atoms with Gasteiger partial charge < -0.3 is 15.3 Å². The lowest BCUT2D eigenvalue weighted by Gasteiger charge is -2.28. The minimum Gasteiger partial charge on any atom is -0.389 e. The van der Waals surface area contributed by atoms with Gasteiger partial charge >= 0.3 is 0 Å². The predicted molar refractivity (Wildman–Crippen MR) is 79.8 cm³/mol. The van der Waals surface area contributed by atoms with Crippen LogP contribution in [-0.2, 0) is 4.79 Å². The smallest absolute Gasteiger partial charge is 0.252 e. The zero-order chi connectivity index (χ0) is 15.2. The van der Waals surface area contributed by atoms with Crippen LogP contribution in [0.2, 0.25) is 0 Å². The lowest BCUT2D eigenvalue weighted by Crippen LogP contribution is -2.43. The Kier molecular flexibility index (Phi) is 6.16. The van der Waals surface area contributed by atoms with E-state index in [1.165, 1.54) is 11.3 Å². The summed E-state index contributed by atoms with van der Waals surface area (Å²) >= 11 is 1.46. The molecule has 112 valence electrons. The summed E-state index contributed by atoms with van der Waals surface area (Å²) in [6.07, 6.45) is 0.236. The minimum absolute atomic E-state index is 0.0692. The quantitative estimate of drug-likeness (QED) is 0.801. The van der Waals surface area contributed by atoms with Crippen LogP contribution in [0.1, 0.15) is 37.6 Å². The lowest BCUT2D eigenvalue weighted by molar-refractivity contribution is -0.133. The molecule has 0 fully saturated rings. The average molecular weight is 298 g/mol. The van der Waals surface area contributed by atoms with Crippen molar-refractivity contribution < 1.29 is 14.7 Å². The zero-order valence-corrected chi connectivity index (χ0v) is 13.0. The first-order valence-electron chi connectivity index (χ1n) is 6.64. The van der Waals surface area contributed by atoms with Crippen molar-refractivity contribution in [2.45, 2.75) is 32.8 Å². The average Bonchev–Trinajstić information content (AvgIpc) is 2.88. The van der Waals surface area contributed by atoms with Gasteiger partial charge in [0.05, 0.1) is 5.60 Å². The summed E-state index contributed by atoms with van der Waals surface area (Å²) in [7, 11) is 0. The minimum atomic E-state index is -0.911. The summed E-state index contributed by atoms with van der Waals surface area (Å²) in [5.74, 6) is -0.232. The van der Waals surface area contributed by atoms with Crippen molar-refractivity contribution in [3.05, 3.63) is 22.4 Å². The Labute approximate surface area is 123 Å². The van der Waals surface area contributed by atoms with Crippen LogP contribution in [0, 0.1) is 0 Å². The number of rotatable bonds is 7. The fraction of sp³-hybridized carbons (Fsp3) is 0.571. The van der Waals surface area contributed by atoms with E-state index < -0.39 is 5.60 Å². The first-order valence-corrected chi connectivity index (χ1v) is 7.58. The van der Waals surface area contributed by atoms with Crippen molar-refractivity contribution >= 4 is 23.2 Å². The summed E-state index contributed by atoms with van der Waals surface area (Å²) in [6, 6.07) is 1.74. The van der Waals surface area contributed by atoms with Crippen LogP contribution < -0.4 is 5.32 Å². The van der Waals surface area contributed by atoms with Gasteiger partial charge in [0.25, 0.3) is 5.91 Å². The van der Waals surface area contributed by atoms with Gasteiger partial charge in [0.1, 0.15) is 0 Å². The van der Waals surface area contributed by atoms with Gasteiger partial charge in [0, 0.05) is 37.0 Å². The monoisotopic (exact) mass is 298 g/mol. The molecule has 0 aliphatic carbocycles. The topological polar surface area (TPSA) is 69.6 Å². The molecule has 1 rings (SSSR count). The highest BCUT2D eigenvalue weighted by atomic mass is 32.1. The second kappa shape index (κ2) is 7.40. The SMILES string of the molecule is CCN(CC(C)(C)O)C(=O)CCNC(=O)c1ccsc1. The Morgan fingerprint density at radius 2 is 2.15 bits per heavy atom. The third-order valence-electron chi connectivity index (χ3n) is 2.72. The molecule has 0 aromatic carbocycles. The van der Waals surface area contributed by atoms with Gasteiger partial charge in [-0.25, -0.2) is 0 Å². The van der Waals surface area contributed by atoms with Crippen molar-refractivity contribution in [1.29, 1.82) is 0 Å². The molecule has 0 saturated carbocycles. The fourth-order valence-corrected chi connectivity index (χ4v) is 2.42. The maximum atomic E-state index is 12.0. The molecule has 1 heterocycles. The third kappa shape index (κ3) is 5.71. The van der Waals surface area contributed by atoms with E-state index >= 15 is 0 Å². The third-order valence-corrected chi connectivity index (χ3v) is 3.40. The molecule has 1 aromatic heterocycles. The van der Waals surface area contributed by atoms with Gasteiger partial charge in [-0.05, 0) is 32.2 Å². The lowest BCUT2D eigenvalue weighted by atomic mass is 10.1. The van der Waals surface area contributed by atoms with E-state index in [1.807, 2.05) is 12.3 Å². The van der Waals surface area contributed by atoms with Gasteiger partial charge in [-0.2, -0.15) is 11.3 Å². The number of hydrogen-bond acceptors (Lipinski definition) is 4. The molecule has 6 heteroatoms. The molecule has 0 aliphatic rings. The van der Waals surface area contributed by atoms with Gasteiger partial charge in [-0.15, -0.1) is 0 Å². The first kappa shape index (κ1) is 16.7. The molecular formula is C14H22N2O3S. The van der Waals surface area contributed by atoms with Crippen molar-refractivity contribution in [1.82, 2.24) is 10.2 Å². The fourth-order valence-electron chi connectivity index (χ4n) is 1.78. The number of nitrogens with zero attached hydrogens (tertiary/aromatic N) is 1. The number of carbonyl (C=O) groups excluding carboxylic acids is 2. The van der Waals surface area contributed by atoms with Crippen molar-refractivity contribution in [3.63, 3.8) is 0 Å². The van der Waals surface area contributed by atoms with Gasteiger partial charge in [0.2, 0.25) is 5.91 Å². The van der Waals surface area contributed by atoms with E-state index in [-0.39, 0.29) is 18.2 Å². The normalized spacial score (nSPS) is 11.2. The van der Waals surface area contributed by atoms with Gasteiger partial charge in [0.15, 0.2) is 0 Å². The second-order valence-corrected chi connectivity index (χ2v) is 6.02. The summed E-state index contributed by atoms with van der Waals surface area (Å²) in [5.41, 5.74) is -0.294. The molecule has 0 bridgehead atoms. The molecule has 2 amide bonds. The van der Waals surface area contributed by atoms with E-state index in [2.05, 4.69) is 5.32 Å².